The second kappa shape index (κ2) is 10.6. The van der Waals surface area contributed by atoms with Gasteiger partial charge in [0.2, 0.25) is 5.91 Å². The first-order valence-electron chi connectivity index (χ1n) is 11.0. The SMILES string of the molecule is C/N=C/[C@H]1C[C@H](C(=O)Nc2ccc(-c3nnn(C)c3NC(=O)O[C@H](C)c3cccnc3Cl)nc2)C1. The Hall–Kier alpha value is -3.86. The number of anilines is 2. The van der Waals surface area contributed by atoms with Crippen LogP contribution >= 0.6 is 11.6 Å². The van der Waals surface area contributed by atoms with Gasteiger partial charge in [0, 0.05) is 38.0 Å². The Kier molecular flexibility index (Phi) is 7.35. The number of nitrogens with zero attached hydrogens (tertiary/aromatic N) is 6. The molecule has 0 unspecified atom stereocenters. The maximum atomic E-state index is 12.5. The van der Waals surface area contributed by atoms with Crippen LogP contribution in [-0.4, -0.2) is 50.2 Å². The maximum Gasteiger partial charge on any atom is 0.413 e. The molecule has 1 fully saturated rings. The molecule has 3 aromatic rings. The van der Waals surface area contributed by atoms with E-state index in [-0.39, 0.29) is 17.0 Å². The largest absolute Gasteiger partial charge is 0.441 e. The van der Waals surface area contributed by atoms with Gasteiger partial charge in [0.15, 0.2) is 11.5 Å². The van der Waals surface area contributed by atoms with Gasteiger partial charge in [-0.1, -0.05) is 22.9 Å². The second-order valence-corrected chi connectivity index (χ2v) is 8.58. The highest BCUT2D eigenvalue weighted by Gasteiger charge is 2.33. The minimum Gasteiger partial charge on any atom is -0.441 e. The van der Waals surface area contributed by atoms with Gasteiger partial charge in [-0.25, -0.2) is 14.5 Å². The lowest BCUT2D eigenvalue weighted by atomic mass is 9.75. The summed E-state index contributed by atoms with van der Waals surface area (Å²) >= 11 is 6.08. The van der Waals surface area contributed by atoms with Crippen molar-refractivity contribution in [1.29, 1.82) is 0 Å². The van der Waals surface area contributed by atoms with E-state index < -0.39 is 12.2 Å². The number of amides is 2. The van der Waals surface area contributed by atoms with Crippen LogP contribution in [0.1, 0.15) is 31.4 Å². The summed E-state index contributed by atoms with van der Waals surface area (Å²) in [5.74, 6) is 0.618. The molecule has 3 aromatic heterocycles. The van der Waals surface area contributed by atoms with Crippen LogP contribution in [0.15, 0.2) is 41.7 Å². The summed E-state index contributed by atoms with van der Waals surface area (Å²) in [6, 6.07) is 6.87. The summed E-state index contributed by atoms with van der Waals surface area (Å²) in [5, 5.41) is 13.9. The van der Waals surface area contributed by atoms with Crippen molar-refractivity contribution in [3.8, 4) is 11.4 Å². The van der Waals surface area contributed by atoms with E-state index in [0.29, 0.717) is 34.4 Å². The number of aryl methyl sites for hydroxylation is 1. The zero-order chi connectivity index (χ0) is 24.9. The van der Waals surface area contributed by atoms with Gasteiger partial charge >= 0.3 is 6.09 Å². The quantitative estimate of drug-likeness (QED) is 0.374. The summed E-state index contributed by atoms with van der Waals surface area (Å²) in [7, 11) is 3.37. The molecular weight excluding hydrogens is 472 g/mol. The van der Waals surface area contributed by atoms with E-state index in [0.717, 1.165) is 12.8 Å². The lowest BCUT2D eigenvalue weighted by Crippen LogP contribution is -2.35. The van der Waals surface area contributed by atoms with Gasteiger partial charge in [-0.2, -0.15) is 0 Å². The van der Waals surface area contributed by atoms with Gasteiger partial charge in [0.1, 0.15) is 11.3 Å². The van der Waals surface area contributed by atoms with Crippen molar-refractivity contribution < 1.29 is 14.3 Å². The van der Waals surface area contributed by atoms with Crippen LogP contribution in [0, 0.1) is 11.8 Å². The summed E-state index contributed by atoms with van der Waals surface area (Å²) in [6.45, 7) is 1.70. The second-order valence-electron chi connectivity index (χ2n) is 8.22. The molecule has 2 amide bonds. The first kappa shape index (κ1) is 24.3. The zero-order valence-corrected chi connectivity index (χ0v) is 20.2. The minimum atomic E-state index is -0.708. The number of hydrogen-bond donors (Lipinski definition) is 2. The van der Waals surface area contributed by atoms with E-state index in [2.05, 4.69) is 35.9 Å². The fraction of sp³-hybridized carbons (Fsp3) is 0.348. The highest BCUT2D eigenvalue weighted by molar-refractivity contribution is 6.30. The monoisotopic (exact) mass is 496 g/mol. The van der Waals surface area contributed by atoms with Gasteiger partial charge in [0.05, 0.1) is 17.6 Å². The Balaban J connectivity index is 1.39. The van der Waals surface area contributed by atoms with Crippen molar-refractivity contribution in [2.45, 2.75) is 25.9 Å². The van der Waals surface area contributed by atoms with Gasteiger partial charge in [-0.3, -0.25) is 15.1 Å². The third-order valence-corrected chi connectivity index (χ3v) is 6.05. The molecule has 35 heavy (non-hydrogen) atoms. The molecule has 2 N–H and O–H groups in total. The minimum absolute atomic E-state index is 0.0246. The maximum absolute atomic E-state index is 12.5. The summed E-state index contributed by atoms with van der Waals surface area (Å²) in [6.07, 6.45) is 5.25. The molecular formula is C23H25ClN8O3. The fourth-order valence-electron chi connectivity index (χ4n) is 3.78. The Bertz CT molecular complexity index is 1240. The smallest absolute Gasteiger partial charge is 0.413 e. The van der Waals surface area contributed by atoms with Gasteiger partial charge < -0.3 is 15.0 Å². The number of nitrogens with one attached hydrogen (secondary N) is 2. The van der Waals surface area contributed by atoms with E-state index in [1.807, 2.05) is 6.21 Å². The number of pyridine rings is 2. The van der Waals surface area contributed by atoms with E-state index in [4.69, 9.17) is 16.3 Å². The van der Waals surface area contributed by atoms with Crippen LogP contribution in [0.3, 0.4) is 0 Å². The van der Waals surface area contributed by atoms with Crippen LogP contribution in [-0.2, 0) is 16.6 Å². The Morgan fingerprint density at radius 2 is 2.06 bits per heavy atom. The molecule has 0 aromatic carbocycles. The van der Waals surface area contributed by atoms with E-state index >= 15 is 0 Å². The number of rotatable bonds is 7. The molecule has 4 rings (SSSR count). The molecule has 1 aliphatic rings. The van der Waals surface area contributed by atoms with Crippen LogP contribution < -0.4 is 10.6 Å². The lowest BCUT2D eigenvalue weighted by molar-refractivity contribution is -0.122. The number of carbonyl (C=O) groups is 2. The molecule has 182 valence electrons. The number of aliphatic imine (C=N–C) groups is 1. The number of halogens is 1. The molecule has 0 aliphatic heterocycles. The van der Waals surface area contributed by atoms with Gasteiger partial charge in [-0.15, -0.1) is 5.10 Å². The summed E-state index contributed by atoms with van der Waals surface area (Å²) in [4.78, 5) is 37.3. The molecule has 0 spiro atoms. The standard InChI is InChI=1S/C23H25ClN8O3/c1-13(17-5-4-8-26-20(17)24)35-23(34)29-21-19(30-31-32(21)3)18-7-6-16(12-27-18)28-22(33)15-9-14(10-15)11-25-2/h4-8,11-15H,9-10H2,1-3H3,(H,28,33)(H,29,34)/b25-11+/t13-,14-,15-/m1/s1. The zero-order valence-electron chi connectivity index (χ0n) is 19.5. The van der Waals surface area contributed by atoms with Crippen molar-refractivity contribution in [3.63, 3.8) is 0 Å². The molecule has 1 aliphatic carbocycles. The Morgan fingerprint density at radius 1 is 1.26 bits per heavy atom. The normalized spacial score (nSPS) is 18.1. The van der Waals surface area contributed by atoms with Crippen molar-refractivity contribution in [1.82, 2.24) is 25.0 Å². The van der Waals surface area contributed by atoms with Gasteiger partial charge in [-0.05, 0) is 43.9 Å². The Morgan fingerprint density at radius 3 is 2.74 bits per heavy atom. The first-order valence-corrected chi connectivity index (χ1v) is 11.4. The predicted molar refractivity (Wildman–Crippen MR) is 131 cm³/mol. The molecule has 1 saturated carbocycles. The van der Waals surface area contributed by atoms with E-state index in [1.165, 1.54) is 4.68 Å². The number of aromatic nitrogens is 5. The average molecular weight is 497 g/mol. The van der Waals surface area contributed by atoms with Crippen LogP contribution in [0.25, 0.3) is 11.4 Å². The lowest BCUT2D eigenvalue weighted by Gasteiger charge is -2.31. The Labute approximate surface area is 207 Å². The van der Waals surface area contributed by atoms with Crippen molar-refractivity contribution in [2.75, 3.05) is 17.7 Å². The summed E-state index contributed by atoms with van der Waals surface area (Å²) < 4.78 is 6.85. The van der Waals surface area contributed by atoms with Crippen LogP contribution in [0.4, 0.5) is 16.3 Å². The number of hydrogen-bond acceptors (Lipinski definition) is 8. The highest BCUT2D eigenvalue weighted by atomic mass is 35.5. The first-order chi connectivity index (χ1) is 16.9. The summed E-state index contributed by atoms with van der Waals surface area (Å²) in [5.41, 5.74) is 1.99. The molecule has 11 nitrogen and oxygen atoms in total. The van der Waals surface area contributed by atoms with Crippen molar-refractivity contribution in [2.24, 2.45) is 23.9 Å². The third kappa shape index (κ3) is 5.62. The molecule has 0 bridgehead atoms. The predicted octanol–water partition coefficient (Wildman–Crippen LogP) is 3.90. The van der Waals surface area contributed by atoms with Crippen LogP contribution in [0.5, 0.6) is 0 Å². The van der Waals surface area contributed by atoms with E-state index in [9.17, 15) is 9.59 Å². The third-order valence-electron chi connectivity index (χ3n) is 5.74. The molecule has 12 heteroatoms. The topological polar surface area (TPSA) is 136 Å². The molecule has 0 radical (unpaired) electrons. The molecule has 0 saturated heterocycles. The van der Waals surface area contributed by atoms with E-state index in [1.54, 1.807) is 57.7 Å². The van der Waals surface area contributed by atoms with Crippen molar-refractivity contribution >= 4 is 41.3 Å². The number of ether oxygens (including phenoxy) is 1. The highest BCUT2D eigenvalue weighted by Crippen LogP contribution is 2.33. The average Bonchev–Trinajstić information content (AvgIpc) is 3.16. The van der Waals surface area contributed by atoms with Crippen LogP contribution in [0.2, 0.25) is 5.15 Å². The molecule has 3 heterocycles. The molecule has 1 atom stereocenters. The number of carbonyl (C=O) groups excluding carboxylic acids is 2. The fourth-order valence-corrected chi connectivity index (χ4v) is 4.06. The van der Waals surface area contributed by atoms with Crippen molar-refractivity contribution in [3.05, 3.63) is 47.4 Å². The van der Waals surface area contributed by atoms with Gasteiger partial charge in [0.25, 0.3) is 0 Å².